The first kappa shape index (κ1) is 16.0. The summed E-state index contributed by atoms with van der Waals surface area (Å²) < 4.78 is 28.7. The molecule has 1 N–H and O–H groups in total. The van der Waals surface area contributed by atoms with E-state index in [0.29, 0.717) is 6.61 Å². The van der Waals surface area contributed by atoms with Crippen molar-refractivity contribution in [1.82, 2.24) is 0 Å². The van der Waals surface area contributed by atoms with Crippen LogP contribution in [0.3, 0.4) is 0 Å². The average Bonchev–Trinajstić information content (AvgIpc) is 2.01. The van der Waals surface area contributed by atoms with Gasteiger partial charge in [-0.25, -0.2) is 8.42 Å². The van der Waals surface area contributed by atoms with Crippen LogP contribution in [0.15, 0.2) is 12.7 Å². The van der Waals surface area contributed by atoms with E-state index >= 15 is 0 Å². The van der Waals surface area contributed by atoms with Crippen molar-refractivity contribution in [3.8, 4) is 0 Å². The summed E-state index contributed by atoms with van der Waals surface area (Å²) in [6, 6.07) is 0. The molecule has 0 radical (unpaired) electrons. The van der Waals surface area contributed by atoms with Crippen LogP contribution in [-0.4, -0.2) is 69.0 Å². The Hall–Kier alpha value is 0.570. The summed E-state index contributed by atoms with van der Waals surface area (Å²) in [4.78, 5) is 0. The van der Waals surface area contributed by atoms with E-state index < -0.39 is 17.1 Å². The molecule has 0 spiro atoms. The number of thiol groups is 1. The predicted octanol–water partition coefficient (Wildman–Crippen LogP) is -1.56. The molecule has 74 valence electrons. The summed E-state index contributed by atoms with van der Waals surface area (Å²) in [6.07, 6.45) is 0.611. The monoisotopic (exact) mass is 220 g/mol. The summed E-state index contributed by atoms with van der Waals surface area (Å²) in [7, 11) is -2.89. The first-order valence-corrected chi connectivity index (χ1v) is 4.40. The second-order valence-corrected chi connectivity index (χ2v) is 2.70. The number of hydrogen-bond acceptors (Lipinski definition) is 5. The van der Waals surface area contributed by atoms with Gasteiger partial charge in [0.05, 0.1) is 19.8 Å². The third-order valence-electron chi connectivity index (χ3n) is 0.918. The molecule has 5 nitrogen and oxygen atoms in total. The number of aliphatic hydroxyl groups excluding tert-OH is 1. The summed E-state index contributed by atoms with van der Waals surface area (Å²) in [6.45, 7) is 3.49. The summed E-state index contributed by atoms with van der Waals surface area (Å²) in [5.41, 5.74) is 0. The Balaban J connectivity index is 0. The van der Waals surface area contributed by atoms with Crippen LogP contribution >= 0.6 is 0 Å². The van der Waals surface area contributed by atoms with Gasteiger partial charge in [-0.2, -0.15) is 0 Å². The van der Waals surface area contributed by atoms with Gasteiger partial charge in [0.15, 0.2) is 0 Å². The van der Waals surface area contributed by atoms with Gasteiger partial charge in [-0.1, -0.05) is 6.08 Å². The van der Waals surface area contributed by atoms with Crippen LogP contribution in [0.2, 0.25) is 0 Å². The molecule has 7 heteroatoms. The Morgan fingerprint density at radius 1 is 1.46 bits per heavy atom. The molecule has 0 aliphatic heterocycles. The van der Waals surface area contributed by atoms with E-state index in [1.807, 2.05) is 0 Å². The molecular formula is C6H13NaO5S. The summed E-state index contributed by atoms with van der Waals surface area (Å²) in [5.74, 6) is 0. The minimum atomic E-state index is -2.89. The van der Waals surface area contributed by atoms with E-state index in [-0.39, 0.29) is 42.8 Å². The van der Waals surface area contributed by atoms with E-state index in [1.165, 1.54) is 6.08 Å². The van der Waals surface area contributed by atoms with Crippen LogP contribution in [0.25, 0.3) is 0 Å². The second kappa shape index (κ2) is 10.6. The van der Waals surface area contributed by atoms with Gasteiger partial charge in [0.1, 0.15) is 6.10 Å². The van der Waals surface area contributed by atoms with Gasteiger partial charge in [-0.05, 0) is 0 Å². The SMILES string of the molecule is C=CCOCC(O)CO[SH](=O)=O.[NaH]. The molecular weight excluding hydrogens is 207 g/mol. The number of aliphatic hydroxyl groups is 1. The van der Waals surface area contributed by atoms with Crippen molar-refractivity contribution in [2.45, 2.75) is 6.10 Å². The van der Waals surface area contributed by atoms with Crippen molar-refractivity contribution in [2.75, 3.05) is 19.8 Å². The van der Waals surface area contributed by atoms with E-state index in [4.69, 9.17) is 9.84 Å². The fraction of sp³-hybridized carbons (Fsp3) is 0.667. The molecule has 13 heavy (non-hydrogen) atoms. The first-order valence-electron chi connectivity index (χ1n) is 3.30. The van der Waals surface area contributed by atoms with E-state index in [2.05, 4.69) is 10.8 Å². The van der Waals surface area contributed by atoms with Crippen molar-refractivity contribution in [1.29, 1.82) is 0 Å². The zero-order chi connectivity index (χ0) is 9.40. The van der Waals surface area contributed by atoms with E-state index in [0.717, 1.165) is 0 Å². The third kappa shape index (κ3) is 12.6. The molecule has 0 saturated heterocycles. The van der Waals surface area contributed by atoms with Crippen LogP contribution in [-0.2, 0) is 19.9 Å². The fourth-order valence-electron chi connectivity index (χ4n) is 0.482. The topological polar surface area (TPSA) is 72.8 Å². The zero-order valence-corrected chi connectivity index (χ0v) is 7.40. The number of rotatable bonds is 7. The maximum absolute atomic E-state index is 9.88. The van der Waals surface area contributed by atoms with Crippen molar-refractivity contribution < 1.29 is 22.4 Å². The van der Waals surface area contributed by atoms with Gasteiger partial charge in [-0.3, -0.25) is 4.18 Å². The fourth-order valence-corrected chi connectivity index (χ4v) is 0.776. The van der Waals surface area contributed by atoms with Crippen LogP contribution in [0.5, 0.6) is 0 Å². The normalized spacial score (nSPS) is 12.2. The Labute approximate surface area is 101 Å². The first-order chi connectivity index (χ1) is 5.66. The average molecular weight is 220 g/mol. The van der Waals surface area contributed by atoms with Crippen molar-refractivity contribution in [3.63, 3.8) is 0 Å². The van der Waals surface area contributed by atoms with E-state index in [9.17, 15) is 8.42 Å². The molecule has 0 saturated carbocycles. The van der Waals surface area contributed by atoms with Crippen LogP contribution in [0, 0.1) is 0 Å². The maximum atomic E-state index is 9.88. The Morgan fingerprint density at radius 3 is 2.54 bits per heavy atom. The van der Waals surface area contributed by atoms with Gasteiger partial charge in [0, 0.05) is 0 Å². The third-order valence-corrected chi connectivity index (χ3v) is 1.28. The minimum absolute atomic E-state index is 0. The molecule has 1 unspecified atom stereocenters. The molecule has 0 aliphatic carbocycles. The van der Waals surface area contributed by atoms with Gasteiger partial charge >= 0.3 is 29.6 Å². The molecule has 0 aliphatic rings. The Bertz CT molecular complexity index is 185. The number of ether oxygens (including phenoxy) is 1. The molecule has 1 atom stereocenters. The Kier molecular flexibility index (Phi) is 13.1. The summed E-state index contributed by atoms with van der Waals surface area (Å²) in [5, 5.41) is 8.97. The molecule has 0 bridgehead atoms. The molecule has 0 aromatic rings. The van der Waals surface area contributed by atoms with Gasteiger partial charge < -0.3 is 9.84 Å². The Morgan fingerprint density at radius 2 is 2.08 bits per heavy atom. The molecule has 0 aromatic heterocycles. The molecule has 0 aromatic carbocycles. The second-order valence-electron chi connectivity index (χ2n) is 2.00. The molecule has 0 heterocycles. The summed E-state index contributed by atoms with van der Waals surface area (Å²) >= 11 is 0. The van der Waals surface area contributed by atoms with Crippen molar-refractivity contribution in [3.05, 3.63) is 12.7 Å². The quantitative estimate of drug-likeness (QED) is 0.235. The van der Waals surface area contributed by atoms with Crippen LogP contribution in [0.1, 0.15) is 0 Å². The molecule has 0 amide bonds. The standard InChI is InChI=1S/C6H12O5S.Na.H/c1-2-3-10-4-6(7)5-11-12(8)9;;/h2,6-7,12H,1,3-5H2;;. The van der Waals surface area contributed by atoms with Gasteiger partial charge in [0.2, 0.25) is 0 Å². The predicted molar refractivity (Wildman–Crippen MR) is 50.4 cm³/mol. The van der Waals surface area contributed by atoms with E-state index in [1.54, 1.807) is 0 Å². The van der Waals surface area contributed by atoms with Crippen molar-refractivity contribution >= 4 is 40.5 Å². The number of hydrogen-bond donors (Lipinski definition) is 2. The zero-order valence-electron chi connectivity index (χ0n) is 6.51. The molecule has 0 fully saturated rings. The van der Waals surface area contributed by atoms with Gasteiger partial charge in [-0.15, -0.1) is 6.58 Å². The molecule has 0 rings (SSSR count). The van der Waals surface area contributed by atoms with Crippen LogP contribution in [0.4, 0.5) is 0 Å². The van der Waals surface area contributed by atoms with Gasteiger partial charge in [0.25, 0.3) is 11.0 Å². The van der Waals surface area contributed by atoms with Crippen molar-refractivity contribution in [2.24, 2.45) is 0 Å². The van der Waals surface area contributed by atoms with Crippen LogP contribution < -0.4 is 0 Å².